The summed E-state index contributed by atoms with van der Waals surface area (Å²) in [6, 6.07) is 4.57. The highest BCUT2D eigenvalue weighted by Gasteiger charge is 2.16. The fourth-order valence-corrected chi connectivity index (χ4v) is 1.09. The van der Waals surface area contributed by atoms with Crippen molar-refractivity contribution in [3.8, 4) is 0 Å². The van der Waals surface area contributed by atoms with Gasteiger partial charge in [-0.3, -0.25) is 14.9 Å². The molecule has 0 spiro atoms. The second-order valence-corrected chi connectivity index (χ2v) is 2.83. The van der Waals surface area contributed by atoms with E-state index in [0.717, 1.165) is 5.56 Å². The van der Waals surface area contributed by atoms with Gasteiger partial charge in [0.1, 0.15) is 0 Å². The summed E-state index contributed by atoms with van der Waals surface area (Å²) in [5.74, 6) is -0.285. The summed E-state index contributed by atoms with van der Waals surface area (Å²) in [4.78, 5) is 21.0. The van der Waals surface area contributed by atoms with E-state index in [0.29, 0.717) is 0 Å². The predicted octanol–water partition coefficient (Wildman–Crippen LogP) is 2.11. The molecule has 68 valence electrons. The third-order valence-corrected chi connectivity index (χ3v) is 1.73. The number of rotatable bonds is 2. The molecule has 1 rings (SSSR count). The molecule has 0 radical (unpaired) electrons. The fraction of sp³-hybridized carbons (Fsp3) is 0.222. The van der Waals surface area contributed by atoms with Crippen LogP contribution >= 0.6 is 0 Å². The van der Waals surface area contributed by atoms with Gasteiger partial charge in [0.15, 0.2) is 5.78 Å². The minimum Gasteiger partial charge on any atom is -0.294 e. The van der Waals surface area contributed by atoms with Crippen LogP contribution in [0.1, 0.15) is 22.8 Å². The molecule has 0 aliphatic rings. The highest BCUT2D eigenvalue weighted by atomic mass is 16.6. The van der Waals surface area contributed by atoms with Gasteiger partial charge in [-0.1, -0.05) is 6.07 Å². The summed E-state index contributed by atoms with van der Waals surface area (Å²) in [6.45, 7) is 3.06. The van der Waals surface area contributed by atoms with Crippen molar-refractivity contribution in [1.82, 2.24) is 0 Å². The van der Waals surface area contributed by atoms with E-state index in [2.05, 4.69) is 0 Å². The fourth-order valence-electron chi connectivity index (χ4n) is 1.09. The van der Waals surface area contributed by atoms with Crippen LogP contribution < -0.4 is 0 Å². The molecule has 13 heavy (non-hydrogen) atoms. The first-order valence-electron chi connectivity index (χ1n) is 3.78. The van der Waals surface area contributed by atoms with Crippen molar-refractivity contribution in [3.05, 3.63) is 39.4 Å². The van der Waals surface area contributed by atoms with Crippen LogP contribution in [-0.2, 0) is 0 Å². The van der Waals surface area contributed by atoms with Gasteiger partial charge in [0.2, 0.25) is 0 Å². The summed E-state index contributed by atoms with van der Waals surface area (Å²) in [7, 11) is 0. The SMILES string of the molecule is CC(=O)c1ccc(C)cc1[N+](=O)[O-]. The van der Waals surface area contributed by atoms with Crippen molar-refractivity contribution >= 4 is 11.5 Å². The van der Waals surface area contributed by atoms with Crippen molar-refractivity contribution in [1.29, 1.82) is 0 Å². The molecule has 0 saturated carbocycles. The van der Waals surface area contributed by atoms with Gasteiger partial charge in [0.05, 0.1) is 10.5 Å². The normalized spacial score (nSPS) is 9.69. The minimum atomic E-state index is -0.538. The van der Waals surface area contributed by atoms with Crippen LogP contribution in [-0.4, -0.2) is 10.7 Å². The number of hydrogen-bond acceptors (Lipinski definition) is 3. The monoisotopic (exact) mass is 179 g/mol. The van der Waals surface area contributed by atoms with Crippen molar-refractivity contribution in [2.24, 2.45) is 0 Å². The number of nitro groups is 1. The number of nitro benzene ring substituents is 1. The van der Waals surface area contributed by atoms with Gasteiger partial charge in [-0.2, -0.15) is 0 Å². The molecule has 1 aromatic rings. The number of carbonyl (C=O) groups excluding carboxylic acids is 1. The zero-order valence-corrected chi connectivity index (χ0v) is 7.40. The van der Waals surface area contributed by atoms with Crippen molar-refractivity contribution in [2.75, 3.05) is 0 Å². The maximum absolute atomic E-state index is 11.0. The Bertz CT molecular complexity index is 371. The summed E-state index contributed by atoms with van der Waals surface area (Å²) >= 11 is 0. The Morgan fingerprint density at radius 3 is 2.54 bits per heavy atom. The van der Waals surface area contributed by atoms with E-state index in [1.807, 2.05) is 0 Å². The van der Waals surface area contributed by atoms with Gasteiger partial charge in [-0.05, 0) is 25.5 Å². The van der Waals surface area contributed by atoms with Crippen molar-refractivity contribution < 1.29 is 9.72 Å². The van der Waals surface area contributed by atoms with E-state index < -0.39 is 4.92 Å². The molecule has 0 fully saturated rings. The van der Waals surface area contributed by atoms with Crippen LogP contribution in [0.3, 0.4) is 0 Å². The second-order valence-electron chi connectivity index (χ2n) is 2.83. The number of carbonyl (C=O) groups is 1. The quantitative estimate of drug-likeness (QED) is 0.397. The van der Waals surface area contributed by atoms with Gasteiger partial charge in [-0.15, -0.1) is 0 Å². The zero-order valence-electron chi connectivity index (χ0n) is 7.40. The van der Waals surface area contributed by atoms with Crippen molar-refractivity contribution in [3.63, 3.8) is 0 Å². The summed E-state index contributed by atoms with van der Waals surface area (Å²) in [5, 5.41) is 10.5. The number of Topliss-reactive ketones (excluding diaryl/α,β-unsaturated/α-hetero) is 1. The predicted molar refractivity (Wildman–Crippen MR) is 47.8 cm³/mol. The van der Waals surface area contributed by atoms with Gasteiger partial charge < -0.3 is 0 Å². The lowest BCUT2D eigenvalue weighted by molar-refractivity contribution is -0.385. The largest absolute Gasteiger partial charge is 0.294 e. The Labute approximate surface area is 75.3 Å². The highest BCUT2D eigenvalue weighted by molar-refractivity contribution is 5.98. The Morgan fingerprint density at radius 2 is 2.08 bits per heavy atom. The van der Waals surface area contributed by atoms with Crippen molar-refractivity contribution in [2.45, 2.75) is 13.8 Å². The average molecular weight is 179 g/mol. The van der Waals surface area contributed by atoms with Crippen LogP contribution in [0.4, 0.5) is 5.69 Å². The lowest BCUT2D eigenvalue weighted by Crippen LogP contribution is -2.00. The molecule has 0 aromatic heterocycles. The molecular weight excluding hydrogens is 170 g/mol. The van der Waals surface area contributed by atoms with E-state index >= 15 is 0 Å². The molecule has 0 amide bonds. The first kappa shape index (κ1) is 9.38. The number of nitrogens with zero attached hydrogens (tertiary/aromatic N) is 1. The molecule has 0 bridgehead atoms. The standard InChI is InChI=1S/C9H9NO3/c1-6-3-4-8(7(2)11)9(5-6)10(12)13/h3-5H,1-2H3. The maximum Gasteiger partial charge on any atom is 0.280 e. The molecule has 0 saturated heterocycles. The summed E-state index contributed by atoms with van der Waals surface area (Å²) < 4.78 is 0. The van der Waals surface area contributed by atoms with E-state index in [-0.39, 0.29) is 17.0 Å². The van der Waals surface area contributed by atoms with Crippen LogP contribution in [0.15, 0.2) is 18.2 Å². The van der Waals surface area contributed by atoms with Gasteiger partial charge in [-0.25, -0.2) is 0 Å². The Balaban J connectivity index is 3.35. The third-order valence-electron chi connectivity index (χ3n) is 1.73. The molecule has 0 N–H and O–H groups in total. The minimum absolute atomic E-state index is 0.118. The summed E-state index contributed by atoms with van der Waals surface area (Å²) in [6.07, 6.45) is 0. The first-order valence-corrected chi connectivity index (χ1v) is 3.78. The molecule has 0 unspecified atom stereocenters. The smallest absolute Gasteiger partial charge is 0.280 e. The third kappa shape index (κ3) is 1.90. The van der Waals surface area contributed by atoms with Gasteiger partial charge in [0.25, 0.3) is 5.69 Å². The van der Waals surface area contributed by atoms with Crippen LogP contribution in [0, 0.1) is 17.0 Å². The number of ketones is 1. The van der Waals surface area contributed by atoms with Gasteiger partial charge >= 0.3 is 0 Å². The second kappa shape index (κ2) is 3.35. The van der Waals surface area contributed by atoms with Crippen LogP contribution in [0.2, 0.25) is 0 Å². The molecule has 0 atom stereocenters. The first-order chi connectivity index (χ1) is 6.02. The molecule has 0 aliphatic heterocycles. The number of hydrogen-bond donors (Lipinski definition) is 0. The van der Waals surface area contributed by atoms with E-state index in [1.165, 1.54) is 19.1 Å². The van der Waals surface area contributed by atoms with E-state index in [9.17, 15) is 14.9 Å². The lowest BCUT2D eigenvalue weighted by atomic mass is 10.1. The van der Waals surface area contributed by atoms with E-state index in [4.69, 9.17) is 0 Å². The Hall–Kier alpha value is -1.71. The molecular formula is C9H9NO3. The molecule has 1 aromatic carbocycles. The molecule has 0 aliphatic carbocycles. The molecule has 4 heteroatoms. The van der Waals surface area contributed by atoms with Crippen LogP contribution in [0.5, 0.6) is 0 Å². The Morgan fingerprint density at radius 1 is 1.46 bits per heavy atom. The van der Waals surface area contributed by atoms with Crippen LogP contribution in [0.25, 0.3) is 0 Å². The molecule has 4 nitrogen and oxygen atoms in total. The molecule has 0 heterocycles. The lowest BCUT2D eigenvalue weighted by Gasteiger charge is -1.99. The highest BCUT2D eigenvalue weighted by Crippen LogP contribution is 2.20. The number of benzene rings is 1. The Kier molecular flexibility index (Phi) is 2.41. The van der Waals surface area contributed by atoms with E-state index in [1.54, 1.807) is 13.0 Å². The average Bonchev–Trinajstić information content (AvgIpc) is 2.03. The maximum atomic E-state index is 11.0. The van der Waals surface area contributed by atoms with Gasteiger partial charge in [0, 0.05) is 6.07 Å². The summed E-state index contributed by atoms with van der Waals surface area (Å²) in [5.41, 5.74) is 0.819. The number of aryl methyl sites for hydroxylation is 1. The topological polar surface area (TPSA) is 60.2 Å². The zero-order chi connectivity index (χ0) is 10.0.